The van der Waals surface area contributed by atoms with Gasteiger partial charge >= 0.3 is 0 Å². The molecule has 0 radical (unpaired) electrons. The highest BCUT2D eigenvalue weighted by Crippen LogP contribution is 2.37. The van der Waals surface area contributed by atoms with Crippen molar-refractivity contribution < 1.29 is 0 Å². The minimum atomic E-state index is 0.196. The van der Waals surface area contributed by atoms with Crippen LogP contribution < -0.4 is 0 Å². The molecule has 0 aliphatic carbocycles. The number of aromatic nitrogens is 4. The normalized spacial score (nSPS) is 12.3. The molecule has 0 bridgehead atoms. The van der Waals surface area contributed by atoms with Gasteiger partial charge in [0.2, 0.25) is 0 Å². The Hall–Kier alpha value is -1.85. The summed E-state index contributed by atoms with van der Waals surface area (Å²) in [7, 11) is 1.97. The quantitative estimate of drug-likeness (QED) is 0.666. The molecular weight excluding hydrogens is 316 g/mol. The van der Waals surface area contributed by atoms with Crippen LogP contribution in [0.1, 0.15) is 17.7 Å². The zero-order valence-electron chi connectivity index (χ0n) is 12.3. The zero-order chi connectivity index (χ0) is 15.5. The van der Waals surface area contributed by atoms with Crippen molar-refractivity contribution in [2.75, 3.05) is 0 Å². The van der Waals surface area contributed by atoms with Gasteiger partial charge in [0.25, 0.3) is 0 Å². The van der Waals surface area contributed by atoms with E-state index in [1.807, 2.05) is 48.0 Å². The predicted octanol–water partition coefficient (Wildman–Crippen LogP) is 4.38. The van der Waals surface area contributed by atoms with E-state index in [-0.39, 0.29) is 5.25 Å². The van der Waals surface area contributed by atoms with Crippen LogP contribution in [0, 0.1) is 0 Å². The van der Waals surface area contributed by atoms with E-state index in [0.29, 0.717) is 0 Å². The highest BCUT2D eigenvalue weighted by molar-refractivity contribution is 7.99. The first-order valence-electron chi connectivity index (χ1n) is 6.87. The maximum atomic E-state index is 6.26. The van der Waals surface area contributed by atoms with Crippen LogP contribution in [0.15, 0.2) is 53.9 Å². The number of rotatable bonds is 4. The van der Waals surface area contributed by atoms with Gasteiger partial charge in [-0.15, -0.1) is 10.2 Å². The molecule has 0 unspecified atom stereocenters. The van der Waals surface area contributed by atoms with Gasteiger partial charge in [0, 0.05) is 35.3 Å². The molecule has 0 aliphatic heterocycles. The molecule has 3 rings (SSSR count). The first-order valence-corrected chi connectivity index (χ1v) is 8.13. The largest absolute Gasteiger partial charge is 0.305 e. The fourth-order valence-electron chi connectivity index (χ4n) is 2.20. The van der Waals surface area contributed by atoms with Crippen molar-refractivity contribution in [1.29, 1.82) is 0 Å². The standard InChI is InChI=1S/C16H15ClN4S/c1-11(13-5-3-4-6-14(13)17)22-16-20-19-15(21(16)2)12-7-9-18-10-8-12/h3-11H,1-2H3/t11-/m0/s1. The summed E-state index contributed by atoms with van der Waals surface area (Å²) in [6.45, 7) is 2.12. The number of halogens is 1. The second-order valence-corrected chi connectivity index (χ2v) is 6.60. The van der Waals surface area contributed by atoms with Crippen LogP contribution in [0.5, 0.6) is 0 Å². The zero-order valence-corrected chi connectivity index (χ0v) is 13.8. The Morgan fingerprint density at radius 3 is 2.55 bits per heavy atom. The smallest absolute Gasteiger partial charge is 0.191 e. The van der Waals surface area contributed by atoms with E-state index in [1.54, 1.807) is 24.2 Å². The Bertz CT molecular complexity index is 773. The van der Waals surface area contributed by atoms with Gasteiger partial charge in [0.15, 0.2) is 11.0 Å². The van der Waals surface area contributed by atoms with E-state index in [9.17, 15) is 0 Å². The molecule has 0 saturated heterocycles. The topological polar surface area (TPSA) is 43.6 Å². The summed E-state index contributed by atoms with van der Waals surface area (Å²) < 4.78 is 1.99. The molecule has 22 heavy (non-hydrogen) atoms. The third-order valence-corrected chi connectivity index (χ3v) is 4.92. The highest BCUT2D eigenvalue weighted by atomic mass is 35.5. The molecule has 0 saturated carbocycles. The van der Waals surface area contributed by atoms with Crippen molar-refractivity contribution >= 4 is 23.4 Å². The third-order valence-electron chi connectivity index (χ3n) is 3.40. The van der Waals surface area contributed by atoms with E-state index in [0.717, 1.165) is 27.1 Å². The van der Waals surface area contributed by atoms with E-state index >= 15 is 0 Å². The number of benzene rings is 1. The molecule has 6 heteroatoms. The lowest BCUT2D eigenvalue weighted by atomic mass is 10.2. The SMILES string of the molecule is C[C@H](Sc1nnc(-c2ccncc2)n1C)c1ccccc1Cl. The fourth-order valence-corrected chi connectivity index (χ4v) is 3.54. The van der Waals surface area contributed by atoms with E-state index in [4.69, 9.17) is 11.6 Å². The summed E-state index contributed by atoms with van der Waals surface area (Å²) in [5.74, 6) is 0.830. The molecule has 0 aliphatic rings. The summed E-state index contributed by atoms with van der Waals surface area (Å²) in [6.07, 6.45) is 3.51. The highest BCUT2D eigenvalue weighted by Gasteiger charge is 2.16. The van der Waals surface area contributed by atoms with E-state index < -0.39 is 0 Å². The monoisotopic (exact) mass is 330 g/mol. The Kier molecular flexibility index (Phi) is 4.45. The Morgan fingerprint density at radius 1 is 1.09 bits per heavy atom. The first kappa shape index (κ1) is 15.1. The molecule has 0 spiro atoms. The van der Waals surface area contributed by atoms with Gasteiger partial charge in [0.1, 0.15) is 0 Å². The first-order chi connectivity index (χ1) is 10.7. The van der Waals surface area contributed by atoms with Gasteiger partial charge in [-0.2, -0.15) is 0 Å². The summed E-state index contributed by atoms with van der Waals surface area (Å²) in [5, 5.41) is 10.4. The van der Waals surface area contributed by atoms with E-state index in [2.05, 4.69) is 22.1 Å². The lowest BCUT2D eigenvalue weighted by Crippen LogP contribution is -1.97. The molecule has 112 valence electrons. The van der Waals surface area contributed by atoms with Gasteiger partial charge in [-0.1, -0.05) is 41.6 Å². The molecule has 2 heterocycles. The van der Waals surface area contributed by atoms with Crippen LogP contribution in [-0.4, -0.2) is 19.7 Å². The maximum Gasteiger partial charge on any atom is 0.191 e. The summed E-state index contributed by atoms with van der Waals surface area (Å²) in [5.41, 5.74) is 2.10. The van der Waals surface area contributed by atoms with Crippen molar-refractivity contribution in [1.82, 2.24) is 19.7 Å². The van der Waals surface area contributed by atoms with Gasteiger partial charge < -0.3 is 4.57 Å². The second-order valence-electron chi connectivity index (χ2n) is 4.88. The molecule has 0 fully saturated rings. The van der Waals surface area contributed by atoms with Crippen LogP contribution in [0.3, 0.4) is 0 Å². The molecule has 1 aromatic carbocycles. The molecule has 0 N–H and O–H groups in total. The van der Waals surface area contributed by atoms with Crippen molar-refractivity contribution in [3.05, 3.63) is 59.4 Å². The predicted molar refractivity (Wildman–Crippen MR) is 90.0 cm³/mol. The van der Waals surface area contributed by atoms with Crippen molar-refractivity contribution in [2.24, 2.45) is 7.05 Å². The van der Waals surface area contributed by atoms with Crippen LogP contribution in [0.4, 0.5) is 0 Å². The number of nitrogens with zero attached hydrogens (tertiary/aromatic N) is 4. The minimum absolute atomic E-state index is 0.196. The molecule has 4 nitrogen and oxygen atoms in total. The second kappa shape index (κ2) is 6.50. The van der Waals surface area contributed by atoms with Crippen molar-refractivity contribution in [3.8, 4) is 11.4 Å². The summed E-state index contributed by atoms with van der Waals surface area (Å²) >= 11 is 7.91. The minimum Gasteiger partial charge on any atom is -0.305 e. The Labute approximate surface area is 138 Å². The maximum absolute atomic E-state index is 6.26. The van der Waals surface area contributed by atoms with E-state index in [1.165, 1.54) is 0 Å². The van der Waals surface area contributed by atoms with Crippen LogP contribution in [0.2, 0.25) is 5.02 Å². The lowest BCUT2D eigenvalue weighted by Gasteiger charge is -2.12. The van der Waals surface area contributed by atoms with Crippen molar-refractivity contribution in [3.63, 3.8) is 0 Å². The Balaban J connectivity index is 1.85. The lowest BCUT2D eigenvalue weighted by molar-refractivity contribution is 0.790. The molecule has 3 aromatic rings. The fraction of sp³-hybridized carbons (Fsp3) is 0.188. The molecule has 0 amide bonds. The van der Waals surface area contributed by atoms with Crippen LogP contribution >= 0.6 is 23.4 Å². The molecule has 1 atom stereocenters. The average molecular weight is 331 g/mol. The summed E-state index contributed by atoms with van der Waals surface area (Å²) in [4.78, 5) is 4.03. The Morgan fingerprint density at radius 2 is 1.82 bits per heavy atom. The molecule has 2 aromatic heterocycles. The van der Waals surface area contributed by atoms with Gasteiger partial charge in [-0.3, -0.25) is 4.98 Å². The van der Waals surface area contributed by atoms with Crippen LogP contribution in [-0.2, 0) is 7.05 Å². The number of hydrogen-bond acceptors (Lipinski definition) is 4. The van der Waals surface area contributed by atoms with Gasteiger partial charge in [-0.25, -0.2) is 0 Å². The van der Waals surface area contributed by atoms with Gasteiger partial charge in [0.05, 0.1) is 0 Å². The van der Waals surface area contributed by atoms with Crippen LogP contribution in [0.25, 0.3) is 11.4 Å². The average Bonchev–Trinajstić information content (AvgIpc) is 2.89. The number of pyridine rings is 1. The third kappa shape index (κ3) is 3.00. The summed E-state index contributed by atoms with van der Waals surface area (Å²) in [6, 6.07) is 11.7. The molecular formula is C16H15ClN4S. The van der Waals surface area contributed by atoms with Gasteiger partial charge in [-0.05, 0) is 30.7 Å². The number of thioether (sulfide) groups is 1. The van der Waals surface area contributed by atoms with Crippen molar-refractivity contribution in [2.45, 2.75) is 17.3 Å². The number of hydrogen-bond donors (Lipinski definition) is 0.